The molecule has 0 fully saturated rings. The molecule has 0 aliphatic rings. The van der Waals surface area contributed by atoms with Gasteiger partial charge in [-0.25, -0.2) is 4.79 Å². The van der Waals surface area contributed by atoms with Gasteiger partial charge in [0.1, 0.15) is 5.76 Å². The molecule has 0 amide bonds. The zero-order chi connectivity index (χ0) is 13.8. The largest absolute Gasteiger partial charge is 0.449 e. The number of rotatable bonds is 3. The normalized spacial score (nSPS) is 9.95. The highest BCUT2D eigenvalue weighted by atomic mass is 79.9. The minimum atomic E-state index is -0.590. The molecular weight excluding hydrogens is 332 g/mol. The molecule has 0 atom stereocenters. The number of furan rings is 1. The maximum Gasteiger partial charge on any atom is 0.375 e. The summed E-state index contributed by atoms with van der Waals surface area (Å²) in [7, 11) is 0. The van der Waals surface area contributed by atoms with Crippen LogP contribution in [0.4, 0.5) is 0 Å². The van der Waals surface area contributed by atoms with Crippen LogP contribution in [-0.4, -0.2) is 12.6 Å². The van der Waals surface area contributed by atoms with Crippen LogP contribution in [0.3, 0.4) is 0 Å². The predicted octanol–water partition coefficient (Wildman–Crippen LogP) is 4.15. The molecule has 96 valence electrons. The Balaban J connectivity index is 2.23. The van der Waals surface area contributed by atoms with E-state index >= 15 is 0 Å². The van der Waals surface area contributed by atoms with E-state index in [1.54, 1.807) is 18.2 Å². The zero-order valence-corrected chi connectivity index (χ0v) is 12.0. The van der Waals surface area contributed by atoms with E-state index in [1.165, 1.54) is 6.07 Å². The minimum absolute atomic E-state index is 0.0843. The van der Waals surface area contributed by atoms with E-state index < -0.39 is 5.97 Å². The highest BCUT2D eigenvalue weighted by molar-refractivity contribution is 9.10. The van der Waals surface area contributed by atoms with Crippen LogP contribution >= 0.6 is 27.5 Å². The van der Waals surface area contributed by atoms with Gasteiger partial charge >= 0.3 is 5.97 Å². The number of benzene rings is 1. The molecule has 1 aromatic heterocycles. The van der Waals surface area contributed by atoms with Gasteiger partial charge in [0.15, 0.2) is 6.61 Å². The molecule has 3 nitrogen and oxygen atoms in total. The Morgan fingerprint density at radius 3 is 2.89 bits per heavy atom. The van der Waals surface area contributed by atoms with E-state index in [1.807, 2.05) is 6.07 Å². The maximum absolute atomic E-state index is 11.5. The molecule has 0 saturated heterocycles. The van der Waals surface area contributed by atoms with Gasteiger partial charge in [0.25, 0.3) is 0 Å². The maximum atomic E-state index is 11.5. The topological polar surface area (TPSA) is 39.4 Å². The number of esters is 1. The van der Waals surface area contributed by atoms with Gasteiger partial charge in [-0.2, -0.15) is 0 Å². The summed E-state index contributed by atoms with van der Waals surface area (Å²) in [6.07, 6.45) is 5.01. The summed E-state index contributed by atoms with van der Waals surface area (Å²) in [5.41, 5.74) is 0.768. The molecular formula is C14H8BrClO3. The summed E-state index contributed by atoms with van der Waals surface area (Å²) in [6, 6.07) is 8.57. The number of carbonyl (C=O) groups excluding carboxylic acids is 1. The quantitative estimate of drug-likeness (QED) is 0.623. The minimum Gasteiger partial charge on any atom is -0.449 e. The third kappa shape index (κ3) is 3.19. The third-order valence-corrected chi connectivity index (χ3v) is 3.53. The van der Waals surface area contributed by atoms with Crippen molar-refractivity contribution in [3.63, 3.8) is 0 Å². The second-order valence-electron chi connectivity index (χ2n) is 3.57. The summed E-state index contributed by atoms with van der Waals surface area (Å²) in [6.45, 7) is -0.0843. The van der Waals surface area contributed by atoms with E-state index in [2.05, 4.69) is 21.9 Å². The Labute approximate surface area is 123 Å². The molecule has 2 rings (SSSR count). The summed E-state index contributed by atoms with van der Waals surface area (Å²) >= 11 is 9.30. The first-order valence-corrected chi connectivity index (χ1v) is 6.45. The molecule has 0 saturated carbocycles. The van der Waals surface area contributed by atoms with Crippen LogP contribution in [0.5, 0.6) is 0 Å². The Morgan fingerprint density at radius 1 is 1.42 bits per heavy atom. The fourth-order valence-electron chi connectivity index (χ4n) is 1.43. The molecule has 0 aliphatic carbocycles. The van der Waals surface area contributed by atoms with Crippen LogP contribution in [0.1, 0.15) is 10.6 Å². The lowest BCUT2D eigenvalue weighted by Gasteiger charge is -2.00. The van der Waals surface area contributed by atoms with E-state index in [9.17, 15) is 4.79 Å². The average molecular weight is 340 g/mol. The highest BCUT2D eigenvalue weighted by Crippen LogP contribution is 2.29. The molecule has 0 aliphatic heterocycles. The Kier molecular flexibility index (Phi) is 4.31. The van der Waals surface area contributed by atoms with Crippen LogP contribution in [-0.2, 0) is 4.74 Å². The van der Waals surface area contributed by atoms with Crippen molar-refractivity contribution in [2.24, 2.45) is 0 Å². The van der Waals surface area contributed by atoms with Crippen molar-refractivity contribution in [2.75, 3.05) is 6.61 Å². The first-order chi connectivity index (χ1) is 9.11. The molecule has 0 unspecified atom stereocenters. The van der Waals surface area contributed by atoms with Crippen molar-refractivity contribution in [3.8, 4) is 23.7 Å². The fraction of sp³-hybridized carbons (Fsp3) is 0.0714. The van der Waals surface area contributed by atoms with Crippen LogP contribution in [0.15, 0.2) is 39.2 Å². The number of hydrogen-bond acceptors (Lipinski definition) is 3. The lowest BCUT2D eigenvalue weighted by molar-refractivity contribution is 0.0521. The monoisotopic (exact) mass is 338 g/mol. The number of terminal acetylenes is 1. The molecule has 0 spiro atoms. The zero-order valence-electron chi connectivity index (χ0n) is 9.65. The summed E-state index contributed by atoms with van der Waals surface area (Å²) in [5, 5.41) is 0.561. The highest BCUT2D eigenvalue weighted by Gasteiger charge is 2.13. The molecule has 19 heavy (non-hydrogen) atoms. The summed E-state index contributed by atoms with van der Waals surface area (Å²) in [5.74, 6) is 2.25. The number of carbonyl (C=O) groups is 1. The van der Waals surface area contributed by atoms with Crippen LogP contribution in [0.25, 0.3) is 11.3 Å². The van der Waals surface area contributed by atoms with Crippen molar-refractivity contribution in [3.05, 3.63) is 45.6 Å². The van der Waals surface area contributed by atoms with E-state index in [0.29, 0.717) is 10.8 Å². The van der Waals surface area contributed by atoms with Gasteiger partial charge in [0.2, 0.25) is 5.76 Å². The number of hydrogen-bond donors (Lipinski definition) is 0. The van der Waals surface area contributed by atoms with Crippen molar-refractivity contribution < 1.29 is 13.9 Å². The molecule has 0 bridgehead atoms. The number of ether oxygens (including phenoxy) is 1. The Morgan fingerprint density at radius 2 is 2.21 bits per heavy atom. The summed E-state index contributed by atoms with van der Waals surface area (Å²) < 4.78 is 11.0. The fourth-order valence-corrected chi connectivity index (χ4v) is 1.86. The van der Waals surface area contributed by atoms with Crippen LogP contribution < -0.4 is 0 Å². The molecule has 2 aromatic rings. The molecule has 1 aromatic carbocycles. The first-order valence-electron chi connectivity index (χ1n) is 5.27. The van der Waals surface area contributed by atoms with Gasteiger partial charge in [0.05, 0.1) is 5.02 Å². The van der Waals surface area contributed by atoms with Crippen molar-refractivity contribution in [1.82, 2.24) is 0 Å². The first kappa shape index (κ1) is 13.7. The lowest BCUT2D eigenvalue weighted by Crippen LogP contribution is -2.03. The Hall–Kier alpha value is -1.70. The van der Waals surface area contributed by atoms with Crippen molar-refractivity contribution in [2.45, 2.75) is 0 Å². The van der Waals surface area contributed by atoms with Gasteiger partial charge in [-0.1, -0.05) is 23.6 Å². The van der Waals surface area contributed by atoms with Crippen LogP contribution in [0.2, 0.25) is 5.02 Å². The molecule has 1 heterocycles. The Bertz CT molecular complexity index is 655. The van der Waals surface area contributed by atoms with E-state index in [4.69, 9.17) is 27.2 Å². The average Bonchev–Trinajstić information content (AvgIpc) is 2.89. The predicted molar refractivity (Wildman–Crippen MR) is 76.0 cm³/mol. The standard InChI is InChI=1S/C14H8BrClO3/c1-2-7-18-14(17)13-6-5-12(19-13)9-3-4-10(15)11(16)8-9/h1,3-6,8H,7H2. The SMILES string of the molecule is C#CCOC(=O)c1ccc(-c2ccc(Br)c(Cl)c2)o1. The second-order valence-corrected chi connectivity index (χ2v) is 4.83. The molecule has 0 N–H and O–H groups in total. The van der Waals surface area contributed by atoms with Crippen molar-refractivity contribution >= 4 is 33.5 Å². The number of halogens is 2. The van der Waals surface area contributed by atoms with Gasteiger partial charge < -0.3 is 9.15 Å². The smallest absolute Gasteiger partial charge is 0.375 e. The third-order valence-electron chi connectivity index (χ3n) is 2.30. The van der Waals surface area contributed by atoms with E-state index in [0.717, 1.165) is 10.0 Å². The van der Waals surface area contributed by atoms with Crippen molar-refractivity contribution in [1.29, 1.82) is 0 Å². The van der Waals surface area contributed by atoms with Gasteiger partial charge in [-0.05, 0) is 40.2 Å². The van der Waals surface area contributed by atoms with Gasteiger partial charge in [-0.3, -0.25) is 0 Å². The molecule has 0 radical (unpaired) electrons. The second kappa shape index (κ2) is 5.96. The lowest BCUT2D eigenvalue weighted by atomic mass is 10.2. The summed E-state index contributed by atoms with van der Waals surface area (Å²) in [4.78, 5) is 11.5. The van der Waals surface area contributed by atoms with Crippen LogP contribution in [0, 0.1) is 12.3 Å². The molecule has 5 heteroatoms. The van der Waals surface area contributed by atoms with Gasteiger partial charge in [-0.15, -0.1) is 6.42 Å². The van der Waals surface area contributed by atoms with Gasteiger partial charge in [0, 0.05) is 10.0 Å². The van der Waals surface area contributed by atoms with E-state index in [-0.39, 0.29) is 12.4 Å².